The fourth-order valence-corrected chi connectivity index (χ4v) is 1.97. The van der Waals surface area contributed by atoms with Crippen LogP contribution in [0.2, 0.25) is 0 Å². The third kappa shape index (κ3) is 6.69. The number of furan rings is 1. The summed E-state index contributed by atoms with van der Waals surface area (Å²) in [6, 6.07) is 4.00. The van der Waals surface area contributed by atoms with Crippen LogP contribution in [0.5, 0.6) is 0 Å². The van der Waals surface area contributed by atoms with Crippen LogP contribution < -0.4 is 5.32 Å². The van der Waals surface area contributed by atoms with Crippen molar-refractivity contribution in [3.05, 3.63) is 24.2 Å². The fraction of sp³-hybridized carbons (Fsp3) is 0.692. The van der Waals surface area contributed by atoms with Gasteiger partial charge < -0.3 is 9.73 Å². The van der Waals surface area contributed by atoms with Gasteiger partial charge in [0.2, 0.25) is 0 Å². The quantitative estimate of drug-likeness (QED) is 0.806. The lowest BCUT2D eigenvalue weighted by atomic mass is 10.1. The smallest absolute Gasteiger partial charge is 0.389 e. The third-order valence-electron chi connectivity index (χ3n) is 2.75. The van der Waals surface area contributed by atoms with Crippen LogP contribution in [0.15, 0.2) is 22.8 Å². The molecule has 0 radical (unpaired) electrons. The first-order valence-electron chi connectivity index (χ1n) is 6.22. The standard InChI is InChI=1S/C13H20F3NO/c1-10(5-3-7-13(14,15)16)17-11(2)9-12-6-4-8-18-12/h4,6,8,10-11,17H,3,5,7,9H2,1-2H3. The van der Waals surface area contributed by atoms with Crippen LogP contribution in [0.1, 0.15) is 38.9 Å². The number of halogens is 3. The topological polar surface area (TPSA) is 25.2 Å². The molecular formula is C13H20F3NO. The average Bonchev–Trinajstić information content (AvgIpc) is 2.67. The molecule has 0 saturated carbocycles. The maximum Gasteiger partial charge on any atom is 0.389 e. The molecule has 0 aliphatic carbocycles. The van der Waals surface area contributed by atoms with E-state index in [1.54, 1.807) is 6.26 Å². The van der Waals surface area contributed by atoms with Crippen LogP contribution in [-0.4, -0.2) is 18.3 Å². The normalized spacial score (nSPS) is 15.6. The van der Waals surface area contributed by atoms with Gasteiger partial charge >= 0.3 is 6.18 Å². The number of rotatable bonds is 7. The van der Waals surface area contributed by atoms with E-state index in [4.69, 9.17) is 4.42 Å². The second kappa shape index (κ2) is 6.83. The summed E-state index contributed by atoms with van der Waals surface area (Å²) in [7, 11) is 0. The van der Waals surface area contributed by atoms with Gasteiger partial charge in [0.1, 0.15) is 5.76 Å². The molecule has 104 valence electrons. The van der Waals surface area contributed by atoms with E-state index < -0.39 is 12.6 Å². The van der Waals surface area contributed by atoms with E-state index >= 15 is 0 Å². The summed E-state index contributed by atoms with van der Waals surface area (Å²) in [5.41, 5.74) is 0. The fourth-order valence-electron chi connectivity index (χ4n) is 1.97. The lowest BCUT2D eigenvalue weighted by Crippen LogP contribution is -2.35. The summed E-state index contributed by atoms with van der Waals surface area (Å²) in [6.45, 7) is 3.91. The van der Waals surface area contributed by atoms with Crippen LogP contribution >= 0.6 is 0 Å². The lowest BCUT2D eigenvalue weighted by Gasteiger charge is -2.19. The molecule has 0 saturated heterocycles. The monoisotopic (exact) mass is 263 g/mol. The Labute approximate surface area is 106 Å². The summed E-state index contributed by atoms with van der Waals surface area (Å²) < 4.78 is 41.2. The van der Waals surface area contributed by atoms with Gasteiger partial charge in [-0.3, -0.25) is 0 Å². The van der Waals surface area contributed by atoms with Crippen molar-refractivity contribution in [2.75, 3.05) is 0 Å². The van der Waals surface area contributed by atoms with Crippen molar-refractivity contribution in [3.63, 3.8) is 0 Å². The predicted octanol–water partition coefficient (Wildman–Crippen LogP) is 3.92. The minimum Gasteiger partial charge on any atom is -0.469 e. The molecule has 0 aromatic carbocycles. The summed E-state index contributed by atoms with van der Waals surface area (Å²) in [6.07, 6.45) is -1.68. The number of hydrogen-bond donors (Lipinski definition) is 1. The van der Waals surface area contributed by atoms with Gasteiger partial charge in [-0.15, -0.1) is 0 Å². The molecule has 0 aliphatic rings. The van der Waals surface area contributed by atoms with E-state index in [-0.39, 0.29) is 18.5 Å². The highest BCUT2D eigenvalue weighted by Gasteiger charge is 2.26. The second-order valence-electron chi connectivity index (χ2n) is 4.76. The first-order chi connectivity index (χ1) is 8.37. The molecule has 2 nitrogen and oxygen atoms in total. The maximum absolute atomic E-state index is 12.0. The molecule has 1 rings (SSSR count). The zero-order chi connectivity index (χ0) is 13.6. The summed E-state index contributed by atoms with van der Waals surface area (Å²) in [5.74, 6) is 0.887. The van der Waals surface area contributed by atoms with Crippen LogP contribution in [0.25, 0.3) is 0 Å². The van der Waals surface area contributed by atoms with Crippen molar-refractivity contribution in [2.24, 2.45) is 0 Å². The van der Waals surface area contributed by atoms with Gasteiger partial charge in [-0.1, -0.05) is 0 Å². The van der Waals surface area contributed by atoms with Crippen LogP contribution in [0.3, 0.4) is 0 Å². The molecular weight excluding hydrogens is 243 g/mol. The molecule has 2 unspecified atom stereocenters. The van der Waals surface area contributed by atoms with Gasteiger partial charge in [-0.05, 0) is 38.8 Å². The Morgan fingerprint density at radius 2 is 2.00 bits per heavy atom. The van der Waals surface area contributed by atoms with E-state index in [9.17, 15) is 13.2 Å². The van der Waals surface area contributed by atoms with Crippen LogP contribution in [0.4, 0.5) is 13.2 Å². The summed E-state index contributed by atoms with van der Waals surface area (Å²) in [5, 5.41) is 3.28. The molecule has 5 heteroatoms. The predicted molar refractivity (Wildman–Crippen MR) is 64.4 cm³/mol. The van der Waals surface area contributed by atoms with Gasteiger partial charge in [-0.2, -0.15) is 13.2 Å². The van der Waals surface area contributed by atoms with Crippen molar-refractivity contribution in [1.82, 2.24) is 5.32 Å². The zero-order valence-electron chi connectivity index (χ0n) is 10.8. The molecule has 1 N–H and O–H groups in total. The van der Waals surface area contributed by atoms with E-state index in [0.717, 1.165) is 12.2 Å². The lowest BCUT2D eigenvalue weighted by molar-refractivity contribution is -0.135. The number of nitrogens with one attached hydrogen (secondary N) is 1. The van der Waals surface area contributed by atoms with Gasteiger partial charge in [-0.25, -0.2) is 0 Å². The van der Waals surface area contributed by atoms with E-state index in [1.165, 1.54) is 0 Å². The first kappa shape index (κ1) is 15.1. The van der Waals surface area contributed by atoms with Gasteiger partial charge in [0.05, 0.1) is 6.26 Å². The summed E-state index contributed by atoms with van der Waals surface area (Å²) >= 11 is 0. The minimum atomic E-state index is -4.04. The van der Waals surface area contributed by atoms with E-state index in [0.29, 0.717) is 6.42 Å². The van der Waals surface area contributed by atoms with Gasteiger partial charge in [0.25, 0.3) is 0 Å². The molecule has 18 heavy (non-hydrogen) atoms. The van der Waals surface area contributed by atoms with Crippen molar-refractivity contribution in [3.8, 4) is 0 Å². The third-order valence-corrected chi connectivity index (χ3v) is 2.75. The van der Waals surface area contributed by atoms with E-state index in [1.807, 2.05) is 26.0 Å². The Hall–Kier alpha value is -0.970. The van der Waals surface area contributed by atoms with Crippen LogP contribution in [0, 0.1) is 0 Å². The summed E-state index contributed by atoms with van der Waals surface area (Å²) in [4.78, 5) is 0. The molecule has 1 aromatic heterocycles. The molecule has 0 bridgehead atoms. The Balaban J connectivity index is 2.17. The van der Waals surface area contributed by atoms with Crippen molar-refractivity contribution in [1.29, 1.82) is 0 Å². The molecule has 2 atom stereocenters. The molecule has 0 spiro atoms. The largest absolute Gasteiger partial charge is 0.469 e. The molecule has 0 aliphatic heterocycles. The molecule has 1 aromatic rings. The van der Waals surface area contributed by atoms with Crippen molar-refractivity contribution in [2.45, 2.75) is 57.8 Å². The van der Waals surface area contributed by atoms with E-state index in [2.05, 4.69) is 5.32 Å². The first-order valence-corrected chi connectivity index (χ1v) is 6.22. The Kier molecular flexibility index (Phi) is 5.72. The Morgan fingerprint density at radius 3 is 2.56 bits per heavy atom. The zero-order valence-corrected chi connectivity index (χ0v) is 10.8. The Bertz CT molecular complexity index is 321. The van der Waals surface area contributed by atoms with Crippen LogP contribution in [-0.2, 0) is 6.42 Å². The average molecular weight is 263 g/mol. The van der Waals surface area contributed by atoms with Gasteiger partial charge in [0, 0.05) is 24.9 Å². The molecule has 0 fully saturated rings. The maximum atomic E-state index is 12.0. The SMILES string of the molecule is CC(CCCC(F)(F)F)NC(C)Cc1ccco1. The molecule has 1 heterocycles. The van der Waals surface area contributed by atoms with Crippen molar-refractivity contribution >= 4 is 0 Å². The highest BCUT2D eigenvalue weighted by atomic mass is 19.4. The van der Waals surface area contributed by atoms with Gasteiger partial charge in [0.15, 0.2) is 0 Å². The minimum absolute atomic E-state index is 0.0808. The van der Waals surface area contributed by atoms with Crippen molar-refractivity contribution < 1.29 is 17.6 Å². The Morgan fingerprint density at radius 1 is 1.28 bits per heavy atom. The number of alkyl halides is 3. The highest BCUT2D eigenvalue weighted by molar-refractivity contribution is 5.00. The molecule has 0 amide bonds. The highest BCUT2D eigenvalue weighted by Crippen LogP contribution is 2.22. The number of hydrogen-bond acceptors (Lipinski definition) is 2. The second-order valence-corrected chi connectivity index (χ2v) is 4.76.